The number of benzene rings is 2. The number of rotatable bonds is 6. The van der Waals surface area contributed by atoms with Gasteiger partial charge >= 0.3 is 0 Å². The standard InChI is InChI=1S/C17H19Cl2NO/c1-3-17(15-9-8-12(18)10-16(15)19)20-13-6-5-7-14(11-13)21-4-2/h5-11,17,20H,3-4H2,1-2H3. The molecule has 1 N–H and O–H groups in total. The van der Waals surface area contributed by atoms with Crippen molar-refractivity contribution in [1.82, 2.24) is 0 Å². The molecule has 4 heteroatoms. The molecule has 0 aliphatic rings. The van der Waals surface area contributed by atoms with Gasteiger partial charge in [-0.25, -0.2) is 0 Å². The Kier molecular flexibility index (Phi) is 5.77. The van der Waals surface area contributed by atoms with Crippen molar-refractivity contribution in [3.63, 3.8) is 0 Å². The Morgan fingerprint density at radius 1 is 1.10 bits per heavy atom. The monoisotopic (exact) mass is 323 g/mol. The normalized spacial score (nSPS) is 12.0. The number of ether oxygens (including phenoxy) is 1. The summed E-state index contributed by atoms with van der Waals surface area (Å²) in [6.45, 7) is 4.75. The van der Waals surface area contributed by atoms with E-state index < -0.39 is 0 Å². The highest BCUT2D eigenvalue weighted by Gasteiger charge is 2.13. The molecule has 0 saturated carbocycles. The van der Waals surface area contributed by atoms with Crippen LogP contribution in [0.25, 0.3) is 0 Å². The van der Waals surface area contributed by atoms with Gasteiger partial charge < -0.3 is 10.1 Å². The van der Waals surface area contributed by atoms with Gasteiger partial charge in [0.1, 0.15) is 5.75 Å². The lowest BCUT2D eigenvalue weighted by molar-refractivity contribution is 0.340. The Morgan fingerprint density at radius 3 is 2.57 bits per heavy atom. The van der Waals surface area contributed by atoms with Crippen LogP contribution in [-0.4, -0.2) is 6.61 Å². The zero-order valence-electron chi connectivity index (χ0n) is 12.2. The molecule has 0 spiro atoms. The molecule has 0 aliphatic carbocycles. The Hall–Kier alpha value is -1.38. The summed E-state index contributed by atoms with van der Waals surface area (Å²) in [6, 6.07) is 13.7. The minimum atomic E-state index is 0.131. The predicted molar refractivity (Wildman–Crippen MR) is 90.7 cm³/mol. The van der Waals surface area contributed by atoms with Gasteiger partial charge in [-0.1, -0.05) is 42.3 Å². The first kappa shape index (κ1) is 16.0. The van der Waals surface area contributed by atoms with E-state index in [-0.39, 0.29) is 6.04 Å². The lowest BCUT2D eigenvalue weighted by atomic mass is 10.0. The van der Waals surface area contributed by atoms with Crippen LogP contribution >= 0.6 is 23.2 Å². The van der Waals surface area contributed by atoms with Crippen molar-refractivity contribution in [1.29, 1.82) is 0 Å². The van der Waals surface area contributed by atoms with E-state index in [0.717, 1.165) is 23.4 Å². The first-order chi connectivity index (χ1) is 10.1. The Bertz CT molecular complexity index is 601. The van der Waals surface area contributed by atoms with E-state index in [1.54, 1.807) is 6.07 Å². The summed E-state index contributed by atoms with van der Waals surface area (Å²) >= 11 is 12.3. The molecule has 2 rings (SSSR count). The summed E-state index contributed by atoms with van der Waals surface area (Å²) < 4.78 is 5.52. The molecule has 0 bridgehead atoms. The molecule has 0 radical (unpaired) electrons. The summed E-state index contributed by atoms with van der Waals surface area (Å²) in [5, 5.41) is 4.83. The topological polar surface area (TPSA) is 21.3 Å². The van der Waals surface area contributed by atoms with Gasteiger partial charge in [0.25, 0.3) is 0 Å². The molecule has 0 amide bonds. The summed E-state index contributed by atoms with van der Waals surface area (Å²) in [7, 11) is 0. The van der Waals surface area contributed by atoms with Crippen LogP contribution in [-0.2, 0) is 0 Å². The lowest BCUT2D eigenvalue weighted by Gasteiger charge is -2.20. The molecule has 0 saturated heterocycles. The maximum Gasteiger partial charge on any atom is 0.121 e. The van der Waals surface area contributed by atoms with Gasteiger partial charge in [-0.15, -0.1) is 0 Å². The first-order valence-corrected chi connectivity index (χ1v) is 7.84. The molecule has 112 valence electrons. The molecule has 0 fully saturated rings. The van der Waals surface area contributed by atoms with Crippen LogP contribution in [0.1, 0.15) is 31.9 Å². The highest BCUT2D eigenvalue weighted by molar-refractivity contribution is 6.35. The van der Waals surface area contributed by atoms with Crippen molar-refractivity contribution in [2.45, 2.75) is 26.3 Å². The smallest absolute Gasteiger partial charge is 0.121 e. The van der Waals surface area contributed by atoms with Crippen LogP contribution in [0.3, 0.4) is 0 Å². The SMILES string of the molecule is CCOc1cccc(NC(CC)c2ccc(Cl)cc2Cl)c1. The van der Waals surface area contributed by atoms with Crippen LogP contribution in [0.2, 0.25) is 10.0 Å². The van der Waals surface area contributed by atoms with Gasteiger partial charge in [0.05, 0.1) is 12.6 Å². The average molecular weight is 324 g/mol. The highest BCUT2D eigenvalue weighted by Crippen LogP contribution is 2.31. The van der Waals surface area contributed by atoms with Gasteiger partial charge in [-0.3, -0.25) is 0 Å². The number of anilines is 1. The minimum absolute atomic E-state index is 0.131. The molecular formula is C17H19Cl2NO. The number of nitrogens with one attached hydrogen (secondary N) is 1. The first-order valence-electron chi connectivity index (χ1n) is 7.08. The van der Waals surface area contributed by atoms with E-state index in [0.29, 0.717) is 16.7 Å². The molecule has 0 heterocycles. The third-order valence-electron chi connectivity index (χ3n) is 3.23. The van der Waals surface area contributed by atoms with E-state index in [1.807, 2.05) is 43.3 Å². The summed E-state index contributed by atoms with van der Waals surface area (Å²) in [5.41, 5.74) is 2.06. The average Bonchev–Trinajstić information content (AvgIpc) is 2.46. The second kappa shape index (κ2) is 7.58. The van der Waals surface area contributed by atoms with Crippen molar-refractivity contribution < 1.29 is 4.74 Å². The predicted octanol–water partition coefficient (Wildman–Crippen LogP) is 5.96. The zero-order chi connectivity index (χ0) is 15.2. The third-order valence-corrected chi connectivity index (χ3v) is 3.79. The van der Waals surface area contributed by atoms with Crippen LogP contribution in [0, 0.1) is 0 Å². The van der Waals surface area contributed by atoms with Crippen molar-refractivity contribution >= 4 is 28.9 Å². The van der Waals surface area contributed by atoms with Crippen molar-refractivity contribution in [3.8, 4) is 5.75 Å². The second-order valence-electron chi connectivity index (χ2n) is 4.73. The number of halogens is 2. The van der Waals surface area contributed by atoms with Crippen molar-refractivity contribution in [2.75, 3.05) is 11.9 Å². The van der Waals surface area contributed by atoms with Crippen LogP contribution < -0.4 is 10.1 Å². The molecule has 2 aromatic rings. The molecule has 0 aliphatic heterocycles. The zero-order valence-corrected chi connectivity index (χ0v) is 13.7. The fourth-order valence-corrected chi connectivity index (χ4v) is 2.77. The quantitative estimate of drug-likeness (QED) is 0.708. The number of hydrogen-bond acceptors (Lipinski definition) is 2. The van der Waals surface area contributed by atoms with Crippen LogP contribution in [0.5, 0.6) is 5.75 Å². The summed E-state index contributed by atoms with van der Waals surface area (Å²) in [5.74, 6) is 0.861. The Morgan fingerprint density at radius 2 is 1.90 bits per heavy atom. The lowest BCUT2D eigenvalue weighted by Crippen LogP contribution is -2.10. The minimum Gasteiger partial charge on any atom is -0.494 e. The van der Waals surface area contributed by atoms with Crippen LogP contribution in [0.4, 0.5) is 5.69 Å². The molecule has 2 nitrogen and oxygen atoms in total. The molecule has 21 heavy (non-hydrogen) atoms. The van der Waals surface area contributed by atoms with Gasteiger partial charge in [-0.2, -0.15) is 0 Å². The Labute approximate surface area is 136 Å². The van der Waals surface area contributed by atoms with Crippen molar-refractivity contribution in [3.05, 3.63) is 58.1 Å². The number of hydrogen-bond donors (Lipinski definition) is 1. The second-order valence-corrected chi connectivity index (χ2v) is 5.58. The van der Waals surface area contributed by atoms with E-state index in [1.165, 1.54) is 0 Å². The maximum atomic E-state index is 6.30. The van der Waals surface area contributed by atoms with E-state index >= 15 is 0 Å². The molecule has 2 aromatic carbocycles. The molecule has 1 atom stereocenters. The fourth-order valence-electron chi connectivity index (χ4n) is 2.23. The Balaban J connectivity index is 2.20. The van der Waals surface area contributed by atoms with Crippen LogP contribution in [0.15, 0.2) is 42.5 Å². The summed E-state index contributed by atoms with van der Waals surface area (Å²) in [4.78, 5) is 0. The largest absolute Gasteiger partial charge is 0.494 e. The fraction of sp³-hybridized carbons (Fsp3) is 0.294. The van der Waals surface area contributed by atoms with Gasteiger partial charge in [-0.05, 0) is 43.2 Å². The van der Waals surface area contributed by atoms with Gasteiger partial charge in [0.2, 0.25) is 0 Å². The molecule has 0 aromatic heterocycles. The van der Waals surface area contributed by atoms with Gasteiger partial charge in [0.15, 0.2) is 0 Å². The van der Waals surface area contributed by atoms with Crippen molar-refractivity contribution in [2.24, 2.45) is 0 Å². The van der Waals surface area contributed by atoms with Gasteiger partial charge in [0, 0.05) is 21.8 Å². The molecular weight excluding hydrogens is 305 g/mol. The maximum absolute atomic E-state index is 6.30. The summed E-state index contributed by atoms with van der Waals surface area (Å²) in [6.07, 6.45) is 0.917. The highest BCUT2D eigenvalue weighted by atomic mass is 35.5. The van der Waals surface area contributed by atoms with E-state index in [2.05, 4.69) is 12.2 Å². The third kappa shape index (κ3) is 4.29. The molecule has 1 unspecified atom stereocenters. The van der Waals surface area contributed by atoms with E-state index in [9.17, 15) is 0 Å². The van der Waals surface area contributed by atoms with E-state index in [4.69, 9.17) is 27.9 Å².